The highest BCUT2D eigenvalue weighted by Gasteiger charge is 2.52. The van der Waals surface area contributed by atoms with Gasteiger partial charge in [-0.05, 0) is 25.6 Å². The van der Waals surface area contributed by atoms with Crippen LogP contribution in [0.3, 0.4) is 0 Å². The first-order chi connectivity index (χ1) is 12.1. The molecule has 1 saturated heterocycles. The molecule has 0 bridgehead atoms. The molecule has 1 heterocycles. The summed E-state index contributed by atoms with van der Waals surface area (Å²) in [6.07, 6.45) is 3.96. The summed E-state index contributed by atoms with van der Waals surface area (Å²) in [5.74, 6) is -1.88. The fraction of sp³-hybridized carbons (Fsp3) is 0.929. The van der Waals surface area contributed by atoms with E-state index >= 15 is 0 Å². The van der Waals surface area contributed by atoms with Crippen molar-refractivity contribution >= 4 is 23.3 Å². The zero-order chi connectivity index (χ0) is 19.5. The average molecular weight is 392 g/mol. The Morgan fingerprint density at radius 3 is 2.54 bits per heavy atom. The Balaban J connectivity index is 2.07. The van der Waals surface area contributed by atoms with Gasteiger partial charge in [-0.25, -0.2) is 0 Å². The number of nitrogens with two attached hydrogens (primary N) is 2. The lowest BCUT2D eigenvalue weighted by atomic mass is 9.78. The fourth-order valence-corrected chi connectivity index (χ4v) is 5.37. The molecular formula is C14H29BN4O6S. The summed E-state index contributed by atoms with van der Waals surface area (Å²) < 4.78 is 29.1. The molecule has 0 spiro atoms. The molecule has 2 aliphatic rings. The van der Waals surface area contributed by atoms with Gasteiger partial charge in [0.25, 0.3) is 10.2 Å². The maximum absolute atomic E-state index is 12.7. The lowest BCUT2D eigenvalue weighted by Gasteiger charge is -2.30. The van der Waals surface area contributed by atoms with Gasteiger partial charge in [-0.2, -0.15) is 17.4 Å². The second-order valence-electron chi connectivity index (χ2n) is 7.42. The molecular weight excluding hydrogens is 363 g/mol. The number of rotatable bonds is 8. The Morgan fingerprint density at radius 2 is 1.96 bits per heavy atom. The number of carbonyl (C=O) groups is 1. The van der Waals surface area contributed by atoms with Gasteiger partial charge in [-0.1, -0.05) is 19.3 Å². The van der Waals surface area contributed by atoms with Gasteiger partial charge in [0.2, 0.25) is 0 Å². The third-order valence-corrected chi connectivity index (χ3v) is 7.02. The first-order valence-corrected chi connectivity index (χ1v) is 10.4. The SMILES string of the molecule is N[C@H]1CCCC[C@H]1NS(=O)(=O)N1C[C@@H](CCCB(O)O)[C@@](N)(C(=O)O)C1. The van der Waals surface area contributed by atoms with Gasteiger partial charge in [-0.15, -0.1) is 0 Å². The maximum Gasteiger partial charge on any atom is 0.451 e. The Hall–Kier alpha value is -0.755. The molecule has 1 aliphatic carbocycles. The number of aliphatic carboxylic acids is 1. The van der Waals surface area contributed by atoms with Gasteiger partial charge >= 0.3 is 13.1 Å². The highest BCUT2D eigenvalue weighted by atomic mass is 32.2. The molecule has 2 fully saturated rings. The molecule has 26 heavy (non-hydrogen) atoms. The van der Waals surface area contributed by atoms with Crippen LogP contribution >= 0.6 is 0 Å². The molecule has 150 valence electrons. The van der Waals surface area contributed by atoms with Crippen LogP contribution in [0, 0.1) is 5.92 Å². The van der Waals surface area contributed by atoms with Crippen molar-refractivity contribution in [2.75, 3.05) is 13.1 Å². The number of carboxylic acids is 1. The molecule has 1 saturated carbocycles. The number of nitrogens with one attached hydrogen (secondary N) is 1. The van der Waals surface area contributed by atoms with Gasteiger partial charge in [0.1, 0.15) is 5.54 Å². The van der Waals surface area contributed by atoms with E-state index < -0.39 is 34.8 Å². The predicted octanol–water partition coefficient (Wildman–Crippen LogP) is -1.94. The molecule has 0 radical (unpaired) electrons. The van der Waals surface area contributed by atoms with Crippen LogP contribution in [0.2, 0.25) is 6.32 Å². The van der Waals surface area contributed by atoms with Crippen molar-refractivity contribution in [3.63, 3.8) is 0 Å². The monoisotopic (exact) mass is 392 g/mol. The van der Waals surface area contributed by atoms with Crippen molar-refractivity contribution in [3.8, 4) is 0 Å². The average Bonchev–Trinajstić information content (AvgIpc) is 2.89. The number of hydrogen-bond donors (Lipinski definition) is 6. The summed E-state index contributed by atoms with van der Waals surface area (Å²) in [5, 5.41) is 27.4. The highest BCUT2D eigenvalue weighted by Crippen LogP contribution is 2.32. The molecule has 2 rings (SSSR count). The van der Waals surface area contributed by atoms with Crippen molar-refractivity contribution < 1.29 is 28.4 Å². The third-order valence-electron chi connectivity index (χ3n) is 5.46. The summed E-state index contributed by atoms with van der Waals surface area (Å²) in [6.45, 7) is -0.354. The van der Waals surface area contributed by atoms with E-state index in [9.17, 15) is 18.3 Å². The Bertz CT molecular complexity index is 606. The Kier molecular flexibility index (Phi) is 7.05. The topological polar surface area (TPSA) is 179 Å². The van der Waals surface area contributed by atoms with Crippen LogP contribution in [0.25, 0.3) is 0 Å². The first-order valence-electron chi connectivity index (χ1n) is 8.97. The van der Waals surface area contributed by atoms with E-state index in [4.69, 9.17) is 21.5 Å². The molecule has 10 nitrogen and oxygen atoms in total. The number of hydrogen-bond acceptors (Lipinski definition) is 7. The van der Waals surface area contributed by atoms with Crippen LogP contribution < -0.4 is 16.2 Å². The summed E-state index contributed by atoms with van der Waals surface area (Å²) in [5.41, 5.74) is 10.3. The van der Waals surface area contributed by atoms with Gasteiger partial charge in [0, 0.05) is 31.1 Å². The lowest BCUT2D eigenvalue weighted by Crippen LogP contribution is -2.56. The highest BCUT2D eigenvalue weighted by molar-refractivity contribution is 7.87. The molecule has 8 N–H and O–H groups in total. The summed E-state index contributed by atoms with van der Waals surface area (Å²) in [6, 6.07) is -0.626. The third kappa shape index (κ3) is 4.94. The minimum Gasteiger partial charge on any atom is -0.480 e. The smallest absolute Gasteiger partial charge is 0.451 e. The van der Waals surface area contributed by atoms with E-state index in [2.05, 4.69) is 4.72 Å². The number of carboxylic acid groups (broad SMARTS) is 1. The molecule has 0 aromatic heterocycles. The zero-order valence-corrected chi connectivity index (χ0v) is 15.6. The van der Waals surface area contributed by atoms with Crippen molar-refractivity contribution in [3.05, 3.63) is 0 Å². The van der Waals surface area contributed by atoms with Crippen molar-refractivity contribution in [1.29, 1.82) is 0 Å². The van der Waals surface area contributed by atoms with E-state index in [1.807, 2.05) is 0 Å². The van der Waals surface area contributed by atoms with Gasteiger partial charge < -0.3 is 26.6 Å². The quantitative estimate of drug-likeness (QED) is 0.258. The van der Waals surface area contributed by atoms with E-state index in [1.54, 1.807) is 0 Å². The minimum absolute atomic E-state index is 0.0262. The Labute approximate surface area is 154 Å². The van der Waals surface area contributed by atoms with Gasteiger partial charge in [0.05, 0.1) is 0 Å². The lowest BCUT2D eigenvalue weighted by molar-refractivity contribution is -0.144. The summed E-state index contributed by atoms with van der Waals surface area (Å²) in [7, 11) is -5.39. The van der Waals surface area contributed by atoms with Gasteiger partial charge in [-0.3, -0.25) is 4.79 Å². The fourth-order valence-electron chi connectivity index (χ4n) is 3.79. The van der Waals surface area contributed by atoms with Crippen molar-refractivity contribution in [2.45, 2.75) is 62.5 Å². The van der Waals surface area contributed by atoms with Crippen LogP contribution in [-0.2, 0) is 15.0 Å². The second-order valence-corrected chi connectivity index (χ2v) is 9.13. The maximum atomic E-state index is 12.7. The van der Waals surface area contributed by atoms with Crippen LogP contribution in [0.4, 0.5) is 0 Å². The zero-order valence-electron chi connectivity index (χ0n) is 14.7. The predicted molar refractivity (Wildman–Crippen MR) is 96.1 cm³/mol. The van der Waals surface area contributed by atoms with Crippen LogP contribution in [0.15, 0.2) is 0 Å². The van der Waals surface area contributed by atoms with Crippen LogP contribution in [-0.4, -0.2) is 71.7 Å². The molecule has 4 atom stereocenters. The van der Waals surface area contributed by atoms with Gasteiger partial charge in [0.15, 0.2) is 0 Å². The Morgan fingerprint density at radius 1 is 1.31 bits per heavy atom. The largest absolute Gasteiger partial charge is 0.480 e. The normalized spacial score (nSPS) is 33.3. The van der Waals surface area contributed by atoms with Crippen molar-refractivity contribution in [2.24, 2.45) is 17.4 Å². The number of nitrogens with zero attached hydrogens (tertiary/aromatic N) is 1. The van der Waals surface area contributed by atoms with Crippen LogP contribution in [0.1, 0.15) is 38.5 Å². The molecule has 0 amide bonds. The molecule has 1 aliphatic heterocycles. The summed E-state index contributed by atoms with van der Waals surface area (Å²) >= 11 is 0. The van der Waals surface area contributed by atoms with Crippen LogP contribution in [0.5, 0.6) is 0 Å². The van der Waals surface area contributed by atoms with Crippen molar-refractivity contribution in [1.82, 2.24) is 9.03 Å². The molecule has 12 heteroatoms. The minimum atomic E-state index is -3.91. The molecule has 0 aromatic rings. The summed E-state index contributed by atoms with van der Waals surface area (Å²) in [4.78, 5) is 11.7. The second kappa shape index (κ2) is 8.51. The molecule has 0 aromatic carbocycles. The van der Waals surface area contributed by atoms with E-state index in [0.29, 0.717) is 12.8 Å². The standard InChI is InChI=1S/C14H29BN4O6S/c16-11-5-1-2-6-12(11)18-26(24,25)19-8-10(4-3-7-15(22)23)14(17,9-19)13(20)21/h10-12,18,22-23H,1-9,16-17H2,(H,20,21)/t10-,11+,12-,14-/m1/s1. The van der Waals surface area contributed by atoms with E-state index in [1.165, 1.54) is 0 Å². The first kappa shape index (κ1) is 21.5. The van der Waals surface area contributed by atoms with E-state index in [0.717, 1.165) is 23.6 Å². The molecule has 0 unspecified atom stereocenters. The van der Waals surface area contributed by atoms with E-state index in [-0.39, 0.29) is 37.9 Å².